The van der Waals surface area contributed by atoms with Crippen LogP contribution in [0.15, 0.2) is 41.4 Å². The summed E-state index contributed by atoms with van der Waals surface area (Å²) in [6.45, 7) is 0. The highest BCUT2D eigenvalue weighted by molar-refractivity contribution is 7.85. The van der Waals surface area contributed by atoms with Crippen molar-refractivity contribution in [2.24, 2.45) is 7.05 Å². The average molecular weight is 252 g/mol. The van der Waals surface area contributed by atoms with E-state index in [4.69, 9.17) is 0 Å². The predicted octanol–water partition coefficient (Wildman–Crippen LogP) is 1.91. The molecule has 0 aliphatic heterocycles. The van der Waals surface area contributed by atoms with Crippen molar-refractivity contribution in [1.82, 2.24) is 9.78 Å². The second kappa shape index (κ2) is 5.23. The molecule has 5 heteroatoms. The molecule has 0 bridgehead atoms. The van der Waals surface area contributed by atoms with Crippen LogP contribution in [0.1, 0.15) is 5.69 Å². The lowest BCUT2D eigenvalue weighted by atomic mass is 10.3. The van der Waals surface area contributed by atoms with Gasteiger partial charge in [0, 0.05) is 31.1 Å². The zero-order chi connectivity index (χ0) is 12.3. The van der Waals surface area contributed by atoms with Crippen molar-refractivity contribution in [3.63, 3.8) is 0 Å². The molecule has 1 heterocycles. The Bertz CT molecular complexity index is 539. The largest absolute Gasteiger partial charge is 0.273 e. The van der Waals surface area contributed by atoms with E-state index in [2.05, 4.69) is 5.10 Å². The molecule has 0 amide bonds. The first-order valence-electron chi connectivity index (χ1n) is 5.28. The first kappa shape index (κ1) is 12.0. The van der Waals surface area contributed by atoms with Crippen molar-refractivity contribution in [3.05, 3.63) is 48.0 Å². The maximum atomic E-state index is 13.4. The Morgan fingerprint density at radius 2 is 2.12 bits per heavy atom. The van der Waals surface area contributed by atoms with Crippen molar-refractivity contribution in [2.75, 3.05) is 5.75 Å². The molecule has 0 aliphatic carbocycles. The molecule has 0 saturated carbocycles. The Morgan fingerprint density at radius 3 is 2.76 bits per heavy atom. The Morgan fingerprint density at radius 1 is 1.35 bits per heavy atom. The van der Waals surface area contributed by atoms with Crippen molar-refractivity contribution in [2.45, 2.75) is 11.3 Å². The smallest absolute Gasteiger partial charge is 0.139 e. The molecule has 0 radical (unpaired) electrons. The van der Waals surface area contributed by atoms with E-state index >= 15 is 0 Å². The zero-order valence-corrected chi connectivity index (χ0v) is 10.3. The molecule has 0 saturated heterocycles. The van der Waals surface area contributed by atoms with Gasteiger partial charge in [-0.15, -0.1) is 0 Å². The second-order valence-corrected chi connectivity index (χ2v) is 5.22. The van der Waals surface area contributed by atoms with E-state index in [0.29, 0.717) is 12.2 Å². The van der Waals surface area contributed by atoms with Gasteiger partial charge in [-0.2, -0.15) is 5.10 Å². The Hall–Kier alpha value is -1.49. The fourth-order valence-corrected chi connectivity index (χ4v) is 2.71. The van der Waals surface area contributed by atoms with Gasteiger partial charge in [0.1, 0.15) is 5.82 Å². The van der Waals surface area contributed by atoms with Gasteiger partial charge >= 0.3 is 0 Å². The lowest BCUT2D eigenvalue weighted by Gasteiger charge is -2.04. The van der Waals surface area contributed by atoms with Crippen LogP contribution in [0.4, 0.5) is 4.39 Å². The summed E-state index contributed by atoms with van der Waals surface area (Å²) in [5.41, 5.74) is 0.995. The minimum absolute atomic E-state index is 0.273. The monoisotopic (exact) mass is 252 g/mol. The lowest BCUT2D eigenvalue weighted by molar-refractivity contribution is 0.595. The predicted molar refractivity (Wildman–Crippen MR) is 64.6 cm³/mol. The highest BCUT2D eigenvalue weighted by Gasteiger charge is 2.10. The van der Waals surface area contributed by atoms with Crippen LogP contribution in [0, 0.1) is 5.82 Å². The highest BCUT2D eigenvalue weighted by Crippen LogP contribution is 2.12. The maximum absolute atomic E-state index is 13.4. The first-order chi connectivity index (χ1) is 8.18. The Labute approximate surface area is 102 Å². The van der Waals surface area contributed by atoms with Crippen LogP contribution in [0.25, 0.3) is 0 Å². The summed E-state index contributed by atoms with van der Waals surface area (Å²) in [7, 11) is 0.531. The third-order valence-electron chi connectivity index (χ3n) is 2.55. The van der Waals surface area contributed by atoms with Crippen LogP contribution < -0.4 is 0 Å². The molecule has 0 N–H and O–H groups in total. The standard InChI is InChI=1S/C12H13FN2OS/c1-15-10(6-8-14-15)7-9-17(16)12-5-3-2-4-11(12)13/h2-6,8H,7,9H2,1H3. The zero-order valence-electron chi connectivity index (χ0n) is 9.47. The second-order valence-electron chi connectivity index (χ2n) is 3.68. The van der Waals surface area contributed by atoms with Crippen LogP contribution in [0.3, 0.4) is 0 Å². The molecule has 0 aliphatic rings. The summed E-state index contributed by atoms with van der Waals surface area (Å²) < 4.78 is 27.0. The molecule has 1 atom stereocenters. The lowest BCUT2D eigenvalue weighted by Crippen LogP contribution is -2.07. The number of aryl methyl sites for hydroxylation is 2. The van der Waals surface area contributed by atoms with Gasteiger partial charge in [-0.25, -0.2) is 4.39 Å². The molecule has 1 aromatic carbocycles. The molecule has 1 unspecified atom stereocenters. The van der Waals surface area contributed by atoms with Crippen molar-refractivity contribution >= 4 is 10.8 Å². The normalized spacial score (nSPS) is 12.6. The van der Waals surface area contributed by atoms with Crippen LogP contribution in [-0.2, 0) is 24.3 Å². The Balaban J connectivity index is 2.04. The number of aromatic nitrogens is 2. The van der Waals surface area contributed by atoms with Crippen LogP contribution >= 0.6 is 0 Å². The summed E-state index contributed by atoms with van der Waals surface area (Å²) in [5, 5.41) is 4.03. The average Bonchev–Trinajstić information content (AvgIpc) is 2.72. The SMILES string of the molecule is Cn1nccc1CCS(=O)c1ccccc1F. The topological polar surface area (TPSA) is 34.9 Å². The van der Waals surface area contributed by atoms with Gasteiger partial charge in [-0.3, -0.25) is 8.89 Å². The minimum Gasteiger partial charge on any atom is -0.273 e. The third-order valence-corrected chi connectivity index (χ3v) is 3.94. The van der Waals surface area contributed by atoms with Gasteiger partial charge in [-0.1, -0.05) is 12.1 Å². The van der Waals surface area contributed by atoms with E-state index in [9.17, 15) is 8.60 Å². The van der Waals surface area contributed by atoms with Gasteiger partial charge in [-0.05, 0) is 18.2 Å². The quantitative estimate of drug-likeness (QED) is 0.833. The molecule has 1 aromatic heterocycles. The number of hydrogen-bond acceptors (Lipinski definition) is 2. The third kappa shape index (κ3) is 2.79. The number of hydrogen-bond donors (Lipinski definition) is 0. The first-order valence-corrected chi connectivity index (χ1v) is 6.60. The van der Waals surface area contributed by atoms with E-state index in [0.717, 1.165) is 5.69 Å². The van der Waals surface area contributed by atoms with Gasteiger partial charge in [0.2, 0.25) is 0 Å². The fourth-order valence-electron chi connectivity index (χ4n) is 1.58. The minimum atomic E-state index is -1.30. The van der Waals surface area contributed by atoms with E-state index in [-0.39, 0.29) is 4.90 Å². The number of halogens is 1. The van der Waals surface area contributed by atoms with Crippen LogP contribution in [0.5, 0.6) is 0 Å². The number of rotatable bonds is 4. The van der Waals surface area contributed by atoms with Crippen molar-refractivity contribution < 1.29 is 8.60 Å². The molecular weight excluding hydrogens is 239 g/mol. The van der Waals surface area contributed by atoms with E-state index in [1.807, 2.05) is 13.1 Å². The Kier molecular flexibility index (Phi) is 3.68. The summed E-state index contributed by atoms with van der Waals surface area (Å²) in [6.07, 6.45) is 2.32. The van der Waals surface area contributed by atoms with Crippen LogP contribution in [0.2, 0.25) is 0 Å². The van der Waals surface area contributed by atoms with E-state index in [1.54, 1.807) is 29.1 Å². The highest BCUT2D eigenvalue weighted by atomic mass is 32.2. The van der Waals surface area contributed by atoms with Gasteiger partial charge in [0.05, 0.1) is 15.7 Å². The molecule has 0 spiro atoms. The molecule has 17 heavy (non-hydrogen) atoms. The number of benzene rings is 1. The maximum Gasteiger partial charge on any atom is 0.139 e. The summed E-state index contributed by atoms with van der Waals surface area (Å²) in [4.78, 5) is 0.273. The molecule has 2 rings (SSSR count). The van der Waals surface area contributed by atoms with Gasteiger partial charge < -0.3 is 0 Å². The van der Waals surface area contributed by atoms with Gasteiger partial charge in [0.25, 0.3) is 0 Å². The fraction of sp³-hybridized carbons (Fsp3) is 0.250. The van der Waals surface area contributed by atoms with Gasteiger partial charge in [0.15, 0.2) is 0 Å². The van der Waals surface area contributed by atoms with E-state index in [1.165, 1.54) is 6.07 Å². The summed E-state index contributed by atoms with van der Waals surface area (Å²) in [5.74, 6) is -0.00339. The summed E-state index contributed by atoms with van der Waals surface area (Å²) >= 11 is 0. The summed E-state index contributed by atoms with van der Waals surface area (Å²) in [6, 6.07) is 8.06. The van der Waals surface area contributed by atoms with Crippen molar-refractivity contribution in [1.29, 1.82) is 0 Å². The van der Waals surface area contributed by atoms with Crippen molar-refractivity contribution in [3.8, 4) is 0 Å². The van der Waals surface area contributed by atoms with Crippen LogP contribution in [-0.4, -0.2) is 19.7 Å². The molecule has 2 aromatic rings. The van der Waals surface area contributed by atoms with E-state index < -0.39 is 16.6 Å². The molecule has 90 valence electrons. The molecule has 0 fully saturated rings. The molecular formula is C12H13FN2OS. The number of nitrogens with zero attached hydrogens (tertiary/aromatic N) is 2. The molecule has 3 nitrogen and oxygen atoms in total.